The number of likely N-dealkylation sites (tertiary alicyclic amines) is 1. The molecule has 0 unspecified atom stereocenters. The molecule has 0 aliphatic carbocycles. The van der Waals surface area contributed by atoms with Gasteiger partial charge in [-0.1, -0.05) is 28.9 Å². The van der Waals surface area contributed by atoms with E-state index in [2.05, 4.69) is 25.3 Å². The molecule has 1 saturated heterocycles. The van der Waals surface area contributed by atoms with Crippen LogP contribution in [0.3, 0.4) is 0 Å². The average Bonchev–Trinajstić information content (AvgIpc) is 3.23. The Balaban J connectivity index is 1.61. The number of nitrogens with one attached hydrogen (secondary N) is 1. The summed E-state index contributed by atoms with van der Waals surface area (Å²) in [6.45, 7) is 4.77. The number of aliphatic imine (C=N–C) groups is 1. The molecule has 1 aliphatic rings. The molecule has 134 valence electrons. The van der Waals surface area contributed by atoms with Gasteiger partial charge < -0.3 is 19.8 Å². The van der Waals surface area contributed by atoms with Crippen molar-refractivity contribution in [2.24, 2.45) is 4.99 Å². The van der Waals surface area contributed by atoms with Crippen LogP contribution in [0.5, 0.6) is 0 Å². The monoisotopic (exact) mass is 363 g/mol. The number of rotatable bonds is 5. The van der Waals surface area contributed by atoms with E-state index in [1.807, 2.05) is 19.1 Å². The van der Waals surface area contributed by atoms with Crippen LogP contribution in [0.4, 0.5) is 0 Å². The Bertz CT molecular complexity index is 733. The third-order valence-corrected chi connectivity index (χ3v) is 4.17. The van der Waals surface area contributed by atoms with Crippen LogP contribution < -0.4 is 5.32 Å². The Morgan fingerprint density at radius 3 is 3.12 bits per heavy atom. The van der Waals surface area contributed by atoms with Crippen molar-refractivity contribution in [1.82, 2.24) is 20.4 Å². The second-order valence-electron chi connectivity index (χ2n) is 5.90. The maximum atomic E-state index is 9.68. The Morgan fingerprint density at radius 1 is 1.52 bits per heavy atom. The molecule has 3 rings (SSSR count). The highest BCUT2D eigenvalue weighted by atomic mass is 35.5. The van der Waals surface area contributed by atoms with Gasteiger partial charge in [0.05, 0.1) is 12.6 Å². The van der Waals surface area contributed by atoms with Crippen molar-refractivity contribution in [2.75, 3.05) is 26.2 Å². The highest BCUT2D eigenvalue weighted by molar-refractivity contribution is 6.30. The average molecular weight is 364 g/mol. The second kappa shape index (κ2) is 8.31. The molecular formula is C17H22ClN5O2. The molecule has 0 spiro atoms. The molecule has 1 fully saturated rings. The van der Waals surface area contributed by atoms with Gasteiger partial charge in [0.1, 0.15) is 0 Å². The lowest BCUT2D eigenvalue weighted by molar-refractivity contribution is 0.188. The van der Waals surface area contributed by atoms with Gasteiger partial charge in [-0.15, -0.1) is 0 Å². The van der Waals surface area contributed by atoms with Gasteiger partial charge in [0.2, 0.25) is 11.7 Å². The van der Waals surface area contributed by atoms with Crippen molar-refractivity contribution in [1.29, 1.82) is 0 Å². The van der Waals surface area contributed by atoms with E-state index < -0.39 is 0 Å². The Hall–Kier alpha value is -2.12. The van der Waals surface area contributed by atoms with Crippen LogP contribution in [0.15, 0.2) is 33.8 Å². The summed E-state index contributed by atoms with van der Waals surface area (Å²) in [4.78, 5) is 11.1. The van der Waals surface area contributed by atoms with Crippen molar-refractivity contribution in [3.05, 3.63) is 35.2 Å². The van der Waals surface area contributed by atoms with Crippen molar-refractivity contribution in [3.8, 4) is 11.4 Å². The summed E-state index contributed by atoms with van der Waals surface area (Å²) in [6.07, 6.45) is 1.05. The van der Waals surface area contributed by atoms with Gasteiger partial charge in [0, 0.05) is 36.6 Å². The zero-order chi connectivity index (χ0) is 17.6. The number of hydrogen-bond acceptors (Lipinski definition) is 5. The number of β-amino-alcohol motifs (C(OH)–C–C–N with tert-alkyl or cyclic N) is 1. The topological polar surface area (TPSA) is 86.8 Å². The summed E-state index contributed by atoms with van der Waals surface area (Å²) in [7, 11) is 0. The summed E-state index contributed by atoms with van der Waals surface area (Å²) in [5.41, 5.74) is 0.824. The normalized spacial score (nSPS) is 18.0. The molecule has 1 aliphatic heterocycles. The standard InChI is InChI=1S/C17H22ClN5O2/c1-2-19-17(23-9-7-14(24)11-23)20-8-6-15-21-16(22-25-15)12-4-3-5-13(18)10-12/h3-5,10,14,24H,2,6-9,11H2,1H3,(H,19,20)/t14-/m1/s1. The van der Waals surface area contributed by atoms with Crippen molar-refractivity contribution in [3.63, 3.8) is 0 Å². The van der Waals surface area contributed by atoms with E-state index in [9.17, 15) is 5.11 Å². The molecule has 1 atom stereocenters. The molecule has 2 aromatic rings. The van der Waals surface area contributed by atoms with Gasteiger partial charge in [-0.2, -0.15) is 4.98 Å². The minimum Gasteiger partial charge on any atom is -0.391 e. The number of nitrogens with zero attached hydrogens (tertiary/aromatic N) is 4. The van der Waals surface area contributed by atoms with Crippen molar-refractivity contribution in [2.45, 2.75) is 25.9 Å². The first-order chi connectivity index (χ1) is 12.2. The van der Waals surface area contributed by atoms with Crippen LogP contribution in [0.2, 0.25) is 5.02 Å². The molecule has 0 bridgehead atoms. The fourth-order valence-corrected chi connectivity index (χ4v) is 2.91. The minimum absolute atomic E-state index is 0.278. The fraction of sp³-hybridized carbons (Fsp3) is 0.471. The van der Waals surface area contributed by atoms with E-state index in [0.29, 0.717) is 36.2 Å². The minimum atomic E-state index is -0.278. The number of halogens is 1. The highest BCUT2D eigenvalue weighted by Gasteiger charge is 2.22. The van der Waals surface area contributed by atoms with Crippen LogP contribution in [0.1, 0.15) is 19.2 Å². The number of guanidine groups is 1. The van der Waals surface area contributed by atoms with Crippen molar-refractivity contribution >= 4 is 17.6 Å². The van der Waals surface area contributed by atoms with Crippen LogP contribution in [-0.2, 0) is 6.42 Å². The van der Waals surface area contributed by atoms with Gasteiger partial charge in [0.15, 0.2) is 5.96 Å². The largest absolute Gasteiger partial charge is 0.391 e. The molecule has 0 saturated carbocycles. The molecule has 2 heterocycles. The lowest BCUT2D eigenvalue weighted by atomic mass is 10.2. The third-order valence-electron chi connectivity index (χ3n) is 3.94. The van der Waals surface area contributed by atoms with Gasteiger partial charge in [0.25, 0.3) is 0 Å². The van der Waals surface area contributed by atoms with E-state index in [4.69, 9.17) is 16.1 Å². The van der Waals surface area contributed by atoms with E-state index in [0.717, 1.165) is 31.0 Å². The molecule has 0 amide bonds. The molecular weight excluding hydrogens is 342 g/mol. The van der Waals surface area contributed by atoms with Gasteiger partial charge in [-0.25, -0.2) is 0 Å². The molecule has 1 aromatic carbocycles. The molecule has 8 heteroatoms. The van der Waals surface area contributed by atoms with Crippen LogP contribution >= 0.6 is 11.6 Å². The summed E-state index contributed by atoms with van der Waals surface area (Å²) < 4.78 is 5.30. The molecule has 7 nitrogen and oxygen atoms in total. The summed E-state index contributed by atoms with van der Waals surface area (Å²) in [5.74, 6) is 1.88. The number of aliphatic hydroxyl groups is 1. The Labute approximate surface area is 151 Å². The van der Waals surface area contributed by atoms with E-state index in [-0.39, 0.29) is 6.10 Å². The number of aromatic nitrogens is 2. The van der Waals surface area contributed by atoms with Crippen LogP contribution in [0, 0.1) is 0 Å². The summed E-state index contributed by atoms with van der Waals surface area (Å²) in [5, 5.41) is 17.6. The third kappa shape index (κ3) is 4.70. The highest BCUT2D eigenvalue weighted by Crippen LogP contribution is 2.20. The molecule has 1 aromatic heterocycles. The Morgan fingerprint density at radius 2 is 2.40 bits per heavy atom. The SMILES string of the molecule is CCNC(=NCCc1nc(-c2cccc(Cl)c2)no1)N1CC[C@@H](O)C1. The predicted octanol–water partition coefficient (Wildman–Crippen LogP) is 1.96. The quantitative estimate of drug-likeness (QED) is 0.624. The van der Waals surface area contributed by atoms with E-state index in [1.54, 1.807) is 12.1 Å². The first-order valence-electron chi connectivity index (χ1n) is 8.45. The molecule has 2 N–H and O–H groups in total. The number of benzene rings is 1. The lowest BCUT2D eigenvalue weighted by Gasteiger charge is -2.20. The number of aliphatic hydroxyl groups excluding tert-OH is 1. The zero-order valence-electron chi connectivity index (χ0n) is 14.2. The maximum Gasteiger partial charge on any atom is 0.228 e. The van der Waals surface area contributed by atoms with Gasteiger partial charge in [-0.3, -0.25) is 4.99 Å². The zero-order valence-corrected chi connectivity index (χ0v) is 14.9. The first kappa shape index (κ1) is 17.7. The van der Waals surface area contributed by atoms with Gasteiger partial charge in [-0.05, 0) is 25.5 Å². The van der Waals surface area contributed by atoms with Crippen LogP contribution in [0.25, 0.3) is 11.4 Å². The lowest BCUT2D eigenvalue weighted by Crippen LogP contribution is -2.40. The van der Waals surface area contributed by atoms with Crippen molar-refractivity contribution < 1.29 is 9.63 Å². The summed E-state index contributed by atoms with van der Waals surface area (Å²) in [6, 6.07) is 7.35. The van der Waals surface area contributed by atoms with Gasteiger partial charge >= 0.3 is 0 Å². The summed E-state index contributed by atoms with van der Waals surface area (Å²) >= 11 is 5.99. The fourth-order valence-electron chi connectivity index (χ4n) is 2.72. The van der Waals surface area contributed by atoms with E-state index >= 15 is 0 Å². The second-order valence-corrected chi connectivity index (χ2v) is 6.33. The maximum absolute atomic E-state index is 9.68. The first-order valence-corrected chi connectivity index (χ1v) is 8.83. The predicted molar refractivity (Wildman–Crippen MR) is 96.6 cm³/mol. The molecule has 25 heavy (non-hydrogen) atoms. The smallest absolute Gasteiger partial charge is 0.228 e. The van der Waals surface area contributed by atoms with E-state index in [1.165, 1.54) is 0 Å². The number of hydrogen-bond donors (Lipinski definition) is 2. The van der Waals surface area contributed by atoms with Crippen LogP contribution in [-0.4, -0.2) is 58.4 Å². The Kier molecular flexibility index (Phi) is 5.88. The molecule has 0 radical (unpaired) electrons.